The number of nitrogens with one attached hydrogen (secondary N) is 6. The zero-order chi connectivity index (χ0) is 58.3. The van der Waals surface area contributed by atoms with E-state index in [2.05, 4.69) is 44.0 Å². The Balaban J connectivity index is 0.971. The van der Waals surface area contributed by atoms with Crippen LogP contribution in [0.3, 0.4) is 0 Å². The summed E-state index contributed by atoms with van der Waals surface area (Å²) in [4.78, 5) is 118. The number of likely N-dealkylation sites (N-methyl/N-ethyl adjacent to an activating group) is 2. The van der Waals surface area contributed by atoms with Crippen molar-refractivity contribution in [1.82, 2.24) is 51.5 Å². The number of carbonyl (C=O) groups is 8. The summed E-state index contributed by atoms with van der Waals surface area (Å²) in [5.41, 5.74) is 3.25. The van der Waals surface area contributed by atoms with Crippen molar-refractivity contribution >= 4 is 47.3 Å². The molecule has 442 valence electrons. The van der Waals surface area contributed by atoms with Gasteiger partial charge in [-0.1, -0.05) is 129 Å². The molecule has 2 aromatic rings. The number of rotatable bonds is 23. The van der Waals surface area contributed by atoms with Crippen LogP contribution in [0, 0.1) is 10.8 Å². The lowest BCUT2D eigenvalue weighted by atomic mass is 9.85. The van der Waals surface area contributed by atoms with E-state index in [1.807, 2.05) is 77.9 Å². The molecule has 0 aromatic heterocycles. The van der Waals surface area contributed by atoms with Crippen LogP contribution in [0.1, 0.15) is 180 Å². The van der Waals surface area contributed by atoms with E-state index in [1.165, 1.54) is 11.1 Å². The summed E-state index contributed by atoms with van der Waals surface area (Å²) < 4.78 is 0. The van der Waals surface area contributed by atoms with E-state index in [-0.39, 0.29) is 98.6 Å². The van der Waals surface area contributed by atoms with Crippen molar-refractivity contribution in [2.24, 2.45) is 10.8 Å². The summed E-state index contributed by atoms with van der Waals surface area (Å²) in [6.07, 6.45) is 13.0. The normalized spacial score (nSPS) is 21.0. The van der Waals surface area contributed by atoms with Crippen molar-refractivity contribution < 1.29 is 38.4 Å². The van der Waals surface area contributed by atoms with Gasteiger partial charge in [-0.3, -0.25) is 38.4 Å². The smallest absolute Gasteiger partial charge is 0.246 e. The summed E-state index contributed by atoms with van der Waals surface area (Å²) in [5, 5.41) is 18.3. The van der Waals surface area contributed by atoms with E-state index in [9.17, 15) is 38.4 Å². The number of hydrogen-bond donors (Lipinski definition) is 6. The number of unbranched alkanes of at least 4 members (excludes halogenated alkanes) is 7. The summed E-state index contributed by atoms with van der Waals surface area (Å²) in [6.45, 7) is 15.9. The maximum Gasteiger partial charge on any atom is 0.246 e. The molecule has 0 saturated carbocycles. The zero-order valence-electron chi connectivity index (χ0n) is 49.8. The molecule has 2 aliphatic carbocycles. The lowest BCUT2D eigenvalue weighted by molar-refractivity contribution is -0.152. The molecular weight excluding hydrogens is 1010 g/mol. The highest BCUT2D eigenvalue weighted by molar-refractivity contribution is 5.96. The minimum absolute atomic E-state index is 0.0431. The molecule has 8 atom stereocenters. The molecule has 2 aromatic carbocycles. The molecule has 0 bridgehead atoms. The fourth-order valence-corrected chi connectivity index (χ4v) is 11.7. The number of nitrogens with zero attached hydrogens (tertiary/aromatic N) is 4. The minimum Gasteiger partial charge on any atom is -0.347 e. The van der Waals surface area contributed by atoms with Crippen LogP contribution in [0.25, 0.3) is 0 Å². The van der Waals surface area contributed by atoms with Gasteiger partial charge in [0.05, 0.1) is 37.3 Å². The van der Waals surface area contributed by atoms with Gasteiger partial charge in [0.1, 0.15) is 24.2 Å². The number of carbonyl (C=O) groups excluding carboxylic acids is 8. The Hall–Kier alpha value is -5.88. The molecule has 0 spiro atoms. The first kappa shape index (κ1) is 63.3. The largest absolute Gasteiger partial charge is 0.347 e. The molecule has 4 aliphatic rings. The third kappa shape index (κ3) is 16.9. The van der Waals surface area contributed by atoms with E-state index in [1.54, 1.807) is 47.5 Å². The Morgan fingerprint density at radius 1 is 0.512 bits per heavy atom. The van der Waals surface area contributed by atoms with Crippen LogP contribution in [-0.2, 0) is 51.2 Å². The monoisotopic (exact) mass is 1110 g/mol. The highest BCUT2D eigenvalue weighted by Gasteiger charge is 2.46. The quantitative estimate of drug-likeness (QED) is 0.0753. The molecule has 2 aliphatic heterocycles. The van der Waals surface area contributed by atoms with Crippen molar-refractivity contribution in [2.75, 3.05) is 53.4 Å². The van der Waals surface area contributed by atoms with Gasteiger partial charge in [-0.05, 0) is 112 Å². The van der Waals surface area contributed by atoms with Gasteiger partial charge in [0.2, 0.25) is 47.3 Å². The third-order valence-electron chi connectivity index (χ3n) is 17.0. The molecule has 2 saturated heterocycles. The zero-order valence-corrected chi connectivity index (χ0v) is 49.8. The number of piperazine rings is 2. The van der Waals surface area contributed by atoms with Gasteiger partial charge in [0.25, 0.3) is 0 Å². The van der Waals surface area contributed by atoms with Gasteiger partial charge in [-0.2, -0.15) is 0 Å². The molecule has 6 N–H and O–H groups in total. The van der Waals surface area contributed by atoms with E-state index < -0.39 is 47.1 Å². The Bertz CT molecular complexity index is 2300. The maximum absolute atomic E-state index is 14.5. The van der Waals surface area contributed by atoms with Crippen molar-refractivity contribution in [2.45, 2.75) is 206 Å². The number of amides is 8. The second-order valence-electron chi connectivity index (χ2n) is 25.0. The predicted molar refractivity (Wildman–Crippen MR) is 311 cm³/mol. The van der Waals surface area contributed by atoms with Crippen molar-refractivity contribution in [3.05, 3.63) is 70.8 Å². The van der Waals surface area contributed by atoms with E-state index in [0.29, 0.717) is 25.7 Å². The number of fused-ring (bicyclic) bond motifs is 2. The van der Waals surface area contributed by atoms with Crippen LogP contribution in [-0.4, -0.2) is 156 Å². The van der Waals surface area contributed by atoms with Crippen molar-refractivity contribution in [3.8, 4) is 0 Å². The second-order valence-corrected chi connectivity index (χ2v) is 25.0. The summed E-state index contributed by atoms with van der Waals surface area (Å²) in [5.74, 6) is -2.00. The third-order valence-corrected chi connectivity index (χ3v) is 17.0. The summed E-state index contributed by atoms with van der Waals surface area (Å²) in [7, 11) is 3.37. The van der Waals surface area contributed by atoms with Gasteiger partial charge >= 0.3 is 0 Å². The van der Waals surface area contributed by atoms with E-state index in [4.69, 9.17) is 0 Å². The van der Waals surface area contributed by atoms with Gasteiger partial charge < -0.3 is 51.5 Å². The van der Waals surface area contributed by atoms with Crippen LogP contribution in [0.15, 0.2) is 48.5 Å². The average molecular weight is 1110 g/mol. The van der Waals surface area contributed by atoms with Crippen molar-refractivity contribution in [3.63, 3.8) is 0 Å². The Labute approximate surface area is 476 Å². The van der Waals surface area contributed by atoms with Gasteiger partial charge in [0.15, 0.2) is 0 Å². The highest BCUT2D eigenvalue weighted by atomic mass is 16.2. The van der Waals surface area contributed by atoms with Crippen LogP contribution in [0.4, 0.5) is 0 Å². The Morgan fingerprint density at radius 2 is 0.863 bits per heavy atom. The van der Waals surface area contributed by atoms with Crippen LogP contribution < -0.4 is 31.9 Å². The van der Waals surface area contributed by atoms with Crippen LogP contribution >= 0.6 is 0 Å². The van der Waals surface area contributed by atoms with Crippen molar-refractivity contribution in [1.29, 1.82) is 0 Å². The Kier molecular flexibility index (Phi) is 23.1. The predicted octanol–water partition coefficient (Wildman–Crippen LogP) is 5.63. The fourth-order valence-electron chi connectivity index (χ4n) is 11.7. The first-order valence-corrected chi connectivity index (χ1v) is 29.9. The molecule has 0 unspecified atom stereocenters. The molecule has 0 radical (unpaired) electrons. The van der Waals surface area contributed by atoms with Crippen LogP contribution in [0.5, 0.6) is 0 Å². The standard InChI is InChI=1S/C62H96N10O8/c1-41(63-9)55(75)67-53(61(3,4)5)59(79)71-37-35-69(39-49(71)57(77)65-47-31-23-27-43-25-19-21-29-45(43)47)51(73)33-17-15-13-11-12-14-16-18-34-52(74)70-36-38-72(60(80)54(62(6,7)8)68-56(76)42(2)64-10)50(40-70)58(78)66-48-32-24-28-44-26-20-22-30-46(44)48/h19-22,25-26,29-30,41-42,47-50,53-54,63-64H,11-18,23-24,27-28,31-40H2,1-10H3,(H,65,77)(H,66,78)(H,67,75)(H,68,76)/t41-,42-,47+,48+,49-,50-,53+,54+/m0/s1. The first-order chi connectivity index (χ1) is 38.0. The number of aryl methyl sites for hydroxylation is 2. The van der Waals surface area contributed by atoms with Gasteiger partial charge in [0, 0.05) is 39.0 Å². The lowest BCUT2D eigenvalue weighted by Gasteiger charge is -2.44. The molecule has 2 fully saturated rings. The highest BCUT2D eigenvalue weighted by Crippen LogP contribution is 2.33. The van der Waals surface area contributed by atoms with E-state index in [0.717, 1.165) is 88.2 Å². The number of benzene rings is 2. The van der Waals surface area contributed by atoms with E-state index >= 15 is 0 Å². The topological polar surface area (TPSA) is 222 Å². The first-order valence-electron chi connectivity index (χ1n) is 29.9. The molecule has 18 nitrogen and oxygen atoms in total. The molecule has 8 amide bonds. The van der Waals surface area contributed by atoms with Crippen LogP contribution in [0.2, 0.25) is 0 Å². The molecule has 6 rings (SSSR count). The average Bonchev–Trinajstić information content (AvgIpc) is 3.46. The van der Waals surface area contributed by atoms with Gasteiger partial charge in [-0.15, -0.1) is 0 Å². The lowest BCUT2D eigenvalue weighted by Crippen LogP contribution is -2.66. The van der Waals surface area contributed by atoms with Gasteiger partial charge in [-0.25, -0.2) is 0 Å². The minimum atomic E-state index is -0.928. The SMILES string of the molecule is CN[C@@H](C)C(=O)N[C@H](C(=O)N1CCN(C(=O)CCCCCCCCCCC(=O)N2CCN(C(=O)[C@@H](NC(=O)[C@H](C)NC)C(C)(C)C)[C@H](C(=O)N[C@@H]3CCCc4ccccc43)C2)C[C@H]1C(=O)N[C@@H]1CCCc2ccccc21)C(C)(C)C. The fraction of sp³-hybridized carbons (Fsp3) is 0.677. The molecule has 80 heavy (non-hydrogen) atoms. The second kappa shape index (κ2) is 29.2. The number of hydrogen-bond acceptors (Lipinski definition) is 10. The molecular formula is C62H96N10O8. The maximum atomic E-state index is 14.5. The Morgan fingerprint density at radius 3 is 1.21 bits per heavy atom. The summed E-state index contributed by atoms with van der Waals surface area (Å²) >= 11 is 0. The molecule has 2 heterocycles. The summed E-state index contributed by atoms with van der Waals surface area (Å²) in [6, 6.07) is 11.1. The molecule has 18 heteroatoms.